The fraction of sp³-hybridized carbons (Fsp3) is 0.182. The molecule has 4 aromatic carbocycles. The van der Waals surface area contributed by atoms with E-state index in [1.807, 2.05) is 61.5 Å². The molecule has 41 heavy (non-hydrogen) atoms. The molecule has 0 N–H and O–H groups in total. The number of aromatic nitrogens is 2. The Kier molecular flexibility index (Phi) is 8.43. The molecule has 0 saturated heterocycles. The number of halogens is 2. The second kappa shape index (κ2) is 12.2. The van der Waals surface area contributed by atoms with Crippen molar-refractivity contribution >= 4 is 40.3 Å². The van der Waals surface area contributed by atoms with Gasteiger partial charge in [0.2, 0.25) is 0 Å². The minimum absolute atomic E-state index is 0.192. The molecule has 8 heteroatoms. The Bertz CT molecular complexity index is 1830. The van der Waals surface area contributed by atoms with Crippen LogP contribution in [0.15, 0.2) is 88.8 Å². The number of nitrogens with zero attached hydrogens (tertiary/aromatic N) is 3. The van der Waals surface area contributed by atoms with E-state index in [2.05, 4.69) is 18.9 Å². The molecule has 0 fully saturated rings. The van der Waals surface area contributed by atoms with E-state index in [0.29, 0.717) is 38.1 Å². The van der Waals surface area contributed by atoms with Gasteiger partial charge in [-0.15, -0.1) is 0 Å². The van der Waals surface area contributed by atoms with Gasteiger partial charge in [0, 0.05) is 26.7 Å². The third-order valence-corrected chi connectivity index (χ3v) is 7.42. The molecule has 0 saturated carbocycles. The molecule has 0 unspecified atom stereocenters. The smallest absolute Gasteiger partial charge is 0.282 e. The van der Waals surface area contributed by atoms with E-state index in [-0.39, 0.29) is 18.1 Å². The van der Waals surface area contributed by atoms with Crippen LogP contribution >= 0.6 is 23.2 Å². The van der Waals surface area contributed by atoms with Gasteiger partial charge in [0.1, 0.15) is 18.1 Å². The van der Waals surface area contributed by atoms with Crippen LogP contribution in [0.1, 0.15) is 42.0 Å². The predicted octanol–water partition coefficient (Wildman–Crippen LogP) is 8.27. The van der Waals surface area contributed by atoms with Crippen LogP contribution in [-0.2, 0) is 6.61 Å². The van der Waals surface area contributed by atoms with Gasteiger partial charge < -0.3 is 9.47 Å². The summed E-state index contributed by atoms with van der Waals surface area (Å²) in [5, 5.41) is 6.24. The van der Waals surface area contributed by atoms with Gasteiger partial charge in [-0.05, 0) is 72.5 Å². The Balaban J connectivity index is 1.64. The van der Waals surface area contributed by atoms with Gasteiger partial charge >= 0.3 is 0 Å². The lowest BCUT2D eigenvalue weighted by Gasteiger charge is -2.17. The molecule has 0 aliphatic rings. The average Bonchev–Trinajstić information content (AvgIpc) is 2.96. The van der Waals surface area contributed by atoms with Crippen molar-refractivity contribution in [2.45, 2.75) is 33.3 Å². The van der Waals surface area contributed by atoms with Gasteiger partial charge in [-0.2, -0.15) is 9.78 Å². The SMILES string of the molecule is COc1cc(C)c(-c2nc3ccccc3c(=O)n2N=Cc2cc(Cl)ccc2OCc2ccccc2Cl)cc1C(C)C. The van der Waals surface area contributed by atoms with Crippen molar-refractivity contribution in [2.75, 3.05) is 7.11 Å². The highest BCUT2D eigenvalue weighted by molar-refractivity contribution is 6.31. The zero-order valence-corrected chi connectivity index (χ0v) is 24.7. The monoisotopic (exact) mass is 585 g/mol. The molecule has 6 nitrogen and oxygen atoms in total. The first-order valence-electron chi connectivity index (χ1n) is 13.2. The molecule has 0 bridgehead atoms. The normalized spacial score (nSPS) is 11.5. The standard InChI is InChI=1S/C33H29Cl2N3O3/c1-20(2)26-17-27(21(3)15-31(26)40-4)32-37-29-12-8-6-10-25(29)33(39)38(32)36-18-23-16-24(34)13-14-30(23)41-19-22-9-5-7-11-28(22)35/h5-18,20H,19H2,1-4H3. The molecule has 1 heterocycles. The highest BCUT2D eigenvalue weighted by Gasteiger charge is 2.18. The number of hydrogen-bond donors (Lipinski definition) is 0. The maximum absolute atomic E-state index is 13.8. The molecular weight excluding hydrogens is 557 g/mol. The summed E-state index contributed by atoms with van der Waals surface area (Å²) in [7, 11) is 1.66. The van der Waals surface area contributed by atoms with Gasteiger partial charge in [-0.1, -0.05) is 67.4 Å². The van der Waals surface area contributed by atoms with Gasteiger partial charge in [0.15, 0.2) is 5.82 Å². The van der Waals surface area contributed by atoms with Crippen molar-refractivity contribution in [2.24, 2.45) is 5.10 Å². The molecule has 0 spiro atoms. The first-order valence-corrected chi connectivity index (χ1v) is 13.9. The molecule has 208 valence electrons. The summed E-state index contributed by atoms with van der Waals surface area (Å²) in [4.78, 5) is 18.7. The number of ether oxygens (including phenoxy) is 2. The molecule has 0 atom stereocenters. The minimum Gasteiger partial charge on any atom is -0.496 e. The number of methoxy groups -OCH3 is 1. The quantitative estimate of drug-likeness (QED) is 0.172. The first kappa shape index (κ1) is 28.4. The van der Waals surface area contributed by atoms with Crippen LogP contribution in [0.2, 0.25) is 10.0 Å². The van der Waals surface area contributed by atoms with Crippen molar-refractivity contribution in [3.63, 3.8) is 0 Å². The van der Waals surface area contributed by atoms with Crippen LogP contribution in [-0.4, -0.2) is 23.0 Å². The lowest BCUT2D eigenvalue weighted by molar-refractivity contribution is 0.306. The molecule has 0 aliphatic carbocycles. The zero-order valence-electron chi connectivity index (χ0n) is 23.2. The Morgan fingerprint density at radius 2 is 1.73 bits per heavy atom. The lowest BCUT2D eigenvalue weighted by Crippen LogP contribution is -2.21. The highest BCUT2D eigenvalue weighted by atomic mass is 35.5. The van der Waals surface area contributed by atoms with Crippen molar-refractivity contribution in [1.29, 1.82) is 0 Å². The summed E-state index contributed by atoms with van der Waals surface area (Å²) in [5.41, 5.74) is 4.46. The Labute approximate surface area is 248 Å². The van der Waals surface area contributed by atoms with E-state index in [1.165, 1.54) is 4.68 Å². The van der Waals surface area contributed by atoms with Crippen LogP contribution in [0.4, 0.5) is 0 Å². The van der Waals surface area contributed by atoms with Gasteiger partial charge in [-0.25, -0.2) is 4.98 Å². The third kappa shape index (κ3) is 5.99. The number of hydrogen-bond acceptors (Lipinski definition) is 5. The molecular formula is C33H29Cl2N3O3. The zero-order chi connectivity index (χ0) is 29.1. The van der Waals surface area contributed by atoms with Gasteiger partial charge in [-0.3, -0.25) is 4.79 Å². The van der Waals surface area contributed by atoms with Crippen LogP contribution in [0, 0.1) is 6.92 Å². The summed E-state index contributed by atoms with van der Waals surface area (Å²) in [6.45, 7) is 6.42. The minimum atomic E-state index is -0.288. The van der Waals surface area contributed by atoms with Crippen molar-refractivity contribution in [1.82, 2.24) is 9.66 Å². The Morgan fingerprint density at radius 3 is 2.49 bits per heavy atom. The predicted molar refractivity (Wildman–Crippen MR) is 167 cm³/mol. The van der Waals surface area contributed by atoms with Gasteiger partial charge in [0.05, 0.1) is 24.2 Å². The molecule has 5 aromatic rings. The number of aryl methyl sites for hydroxylation is 1. The fourth-order valence-electron chi connectivity index (χ4n) is 4.61. The summed E-state index contributed by atoms with van der Waals surface area (Å²) in [6.07, 6.45) is 1.57. The number of fused-ring (bicyclic) bond motifs is 1. The molecule has 0 amide bonds. The largest absolute Gasteiger partial charge is 0.496 e. The van der Waals surface area contributed by atoms with Crippen molar-refractivity contribution < 1.29 is 9.47 Å². The number of para-hydroxylation sites is 1. The number of benzene rings is 4. The molecule has 5 rings (SSSR count). The molecule has 0 radical (unpaired) electrons. The first-order chi connectivity index (χ1) is 19.8. The maximum atomic E-state index is 13.8. The van der Waals surface area contributed by atoms with Crippen LogP contribution in [0.3, 0.4) is 0 Å². The fourth-order valence-corrected chi connectivity index (χ4v) is 4.99. The van der Waals surface area contributed by atoms with E-state index in [4.69, 9.17) is 37.7 Å². The van der Waals surface area contributed by atoms with E-state index in [0.717, 1.165) is 28.0 Å². The van der Waals surface area contributed by atoms with E-state index in [1.54, 1.807) is 37.6 Å². The van der Waals surface area contributed by atoms with Crippen LogP contribution in [0.25, 0.3) is 22.3 Å². The van der Waals surface area contributed by atoms with Crippen LogP contribution in [0.5, 0.6) is 11.5 Å². The number of rotatable bonds is 8. The summed E-state index contributed by atoms with van der Waals surface area (Å²) >= 11 is 12.7. The van der Waals surface area contributed by atoms with E-state index < -0.39 is 0 Å². The van der Waals surface area contributed by atoms with Gasteiger partial charge in [0.25, 0.3) is 5.56 Å². The summed E-state index contributed by atoms with van der Waals surface area (Å²) in [6, 6.07) is 24.0. The second-order valence-corrected chi connectivity index (χ2v) is 10.8. The Hall–Kier alpha value is -4.13. The third-order valence-electron chi connectivity index (χ3n) is 6.82. The van der Waals surface area contributed by atoms with Crippen molar-refractivity contribution in [3.05, 3.63) is 122 Å². The topological polar surface area (TPSA) is 65.7 Å². The van der Waals surface area contributed by atoms with E-state index in [9.17, 15) is 4.79 Å². The van der Waals surface area contributed by atoms with E-state index >= 15 is 0 Å². The summed E-state index contributed by atoms with van der Waals surface area (Å²) < 4.78 is 13.1. The van der Waals surface area contributed by atoms with Crippen LogP contribution < -0.4 is 15.0 Å². The second-order valence-electron chi connectivity index (χ2n) is 9.94. The Morgan fingerprint density at radius 1 is 0.976 bits per heavy atom. The highest BCUT2D eigenvalue weighted by Crippen LogP contribution is 2.34. The molecule has 0 aliphatic heterocycles. The molecule has 1 aromatic heterocycles. The average molecular weight is 587 g/mol. The van der Waals surface area contributed by atoms with Crippen molar-refractivity contribution in [3.8, 4) is 22.9 Å². The maximum Gasteiger partial charge on any atom is 0.282 e. The lowest BCUT2D eigenvalue weighted by atomic mass is 9.96. The summed E-state index contributed by atoms with van der Waals surface area (Å²) in [5.74, 6) is 1.95.